The fraction of sp³-hybridized carbons (Fsp3) is 0.250. The van der Waals surface area contributed by atoms with E-state index in [1.165, 1.54) is 0 Å². The van der Waals surface area contributed by atoms with Crippen molar-refractivity contribution in [1.82, 2.24) is 15.1 Å². The van der Waals surface area contributed by atoms with Crippen LogP contribution in [0.5, 0.6) is 0 Å². The van der Waals surface area contributed by atoms with Gasteiger partial charge in [0, 0.05) is 18.7 Å². The summed E-state index contributed by atoms with van der Waals surface area (Å²) in [6.45, 7) is 1.10. The highest BCUT2D eigenvalue weighted by Crippen LogP contribution is 2.21. The van der Waals surface area contributed by atoms with Crippen molar-refractivity contribution in [1.29, 1.82) is 5.26 Å². The molecule has 0 spiro atoms. The quantitative estimate of drug-likeness (QED) is 0.874. The Morgan fingerprint density at radius 3 is 2.86 bits per heavy atom. The summed E-state index contributed by atoms with van der Waals surface area (Å²) in [5.41, 5.74) is 1.92. The zero-order valence-electron chi connectivity index (χ0n) is 11.9. The lowest BCUT2D eigenvalue weighted by Crippen LogP contribution is -2.25. The number of aromatic nitrogens is 2. The minimum atomic E-state index is -0.179. The van der Waals surface area contributed by atoms with Crippen LogP contribution in [0.1, 0.15) is 6.42 Å². The molecule has 3 rings (SSSR count). The van der Waals surface area contributed by atoms with Gasteiger partial charge in [-0.2, -0.15) is 10.4 Å². The summed E-state index contributed by atoms with van der Waals surface area (Å²) >= 11 is 0. The zero-order chi connectivity index (χ0) is 15.4. The Bertz CT molecular complexity index is 710. The maximum Gasteiger partial charge on any atom is 0.230 e. The Morgan fingerprint density at radius 2 is 2.14 bits per heavy atom. The third kappa shape index (κ3) is 3.04. The smallest absolute Gasteiger partial charge is 0.230 e. The van der Waals surface area contributed by atoms with E-state index >= 15 is 0 Å². The van der Waals surface area contributed by atoms with Crippen LogP contribution in [0.4, 0.5) is 5.82 Å². The molecule has 2 heterocycles. The summed E-state index contributed by atoms with van der Waals surface area (Å²) in [5.74, 6) is 0.140. The Kier molecular flexibility index (Phi) is 3.97. The van der Waals surface area contributed by atoms with E-state index in [9.17, 15) is 4.79 Å². The van der Waals surface area contributed by atoms with Gasteiger partial charge >= 0.3 is 0 Å². The first kappa shape index (κ1) is 14.0. The van der Waals surface area contributed by atoms with E-state index in [1.54, 1.807) is 17.2 Å². The number of carbonyl (C=O) groups excluding carboxylic acids is 1. The Morgan fingerprint density at radius 1 is 1.32 bits per heavy atom. The fourth-order valence-electron chi connectivity index (χ4n) is 2.51. The lowest BCUT2D eigenvalue weighted by Gasteiger charge is -2.10. The number of anilines is 1. The van der Waals surface area contributed by atoms with Gasteiger partial charge in [-0.25, -0.2) is 0 Å². The van der Waals surface area contributed by atoms with Crippen molar-refractivity contribution in [3.05, 3.63) is 42.6 Å². The molecule has 110 valence electrons. The third-order valence-corrected chi connectivity index (χ3v) is 3.71. The summed E-state index contributed by atoms with van der Waals surface area (Å²) in [4.78, 5) is 13.8. The lowest BCUT2D eigenvalue weighted by atomic mass is 10.1. The molecule has 0 radical (unpaired) electrons. The third-order valence-electron chi connectivity index (χ3n) is 3.71. The van der Waals surface area contributed by atoms with Crippen molar-refractivity contribution < 1.29 is 4.79 Å². The Balaban J connectivity index is 1.71. The maximum atomic E-state index is 12.2. The molecule has 6 nitrogen and oxygen atoms in total. The number of carbonyl (C=O) groups is 1. The number of hydrogen-bond donors (Lipinski definition) is 1. The first-order valence-electron chi connectivity index (χ1n) is 7.10. The number of hydrogen-bond acceptors (Lipinski definition) is 5. The van der Waals surface area contributed by atoms with Crippen molar-refractivity contribution in [2.24, 2.45) is 5.92 Å². The number of nitrogens with one attached hydrogen (secondary N) is 1. The van der Waals surface area contributed by atoms with E-state index in [0.717, 1.165) is 11.1 Å². The van der Waals surface area contributed by atoms with E-state index < -0.39 is 0 Å². The molecule has 2 aromatic rings. The molecule has 1 saturated heterocycles. The van der Waals surface area contributed by atoms with E-state index in [1.807, 2.05) is 30.3 Å². The van der Waals surface area contributed by atoms with Gasteiger partial charge in [-0.3, -0.25) is 4.79 Å². The largest absolute Gasteiger partial charge is 0.310 e. The Hall–Kier alpha value is -2.94. The van der Waals surface area contributed by atoms with Crippen molar-refractivity contribution in [3.63, 3.8) is 0 Å². The SMILES string of the molecule is N#CN1CC[C@H](C(=O)Nc2cc(-c3ccccc3)cnn2)C1. The molecule has 1 aromatic carbocycles. The second kappa shape index (κ2) is 6.22. The highest BCUT2D eigenvalue weighted by molar-refractivity contribution is 5.92. The zero-order valence-corrected chi connectivity index (χ0v) is 11.9. The molecule has 1 fully saturated rings. The second-order valence-electron chi connectivity index (χ2n) is 5.22. The number of amides is 1. The van der Waals surface area contributed by atoms with Gasteiger partial charge in [0.1, 0.15) is 0 Å². The number of nitriles is 1. The van der Waals surface area contributed by atoms with Crippen LogP contribution in [0, 0.1) is 17.4 Å². The van der Waals surface area contributed by atoms with Gasteiger partial charge in [0.15, 0.2) is 12.0 Å². The molecule has 1 aliphatic rings. The van der Waals surface area contributed by atoms with Crippen molar-refractivity contribution >= 4 is 11.7 Å². The van der Waals surface area contributed by atoms with Crippen molar-refractivity contribution in [2.45, 2.75) is 6.42 Å². The molecule has 1 aliphatic heterocycles. The summed E-state index contributed by atoms with van der Waals surface area (Å²) in [5, 5.41) is 19.5. The van der Waals surface area contributed by atoms with Gasteiger partial charge < -0.3 is 10.2 Å². The number of rotatable bonds is 3. The molecule has 1 aromatic heterocycles. The maximum absolute atomic E-state index is 12.2. The van der Waals surface area contributed by atoms with Crippen LogP contribution in [0.3, 0.4) is 0 Å². The number of nitrogens with zero attached hydrogens (tertiary/aromatic N) is 4. The molecule has 0 saturated carbocycles. The predicted octanol–water partition coefficient (Wildman–Crippen LogP) is 1.89. The monoisotopic (exact) mass is 293 g/mol. The predicted molar refractivity (Wildman–Crippen MR) is 81.4 cm³/mol. The summed E-state index contributed by atoms with van der Waals surface area (Å²) in [6, 6.07) is 11.6. The van der Waals surface area contributed by atoms with E-state index in [-0.39, 0.29) is 11.8 Å². The van der Waals surface area contributed by atoms with Crippen LogP contribution in [0.2, 0.25) is 0 Å². The molecule has 1 N–H and O–H groups in total. The van der Waals surface area contributed by atoms with Crippen LogP contribution in [-0.2, 0) is 4.79 Å². The fourth-order valence-corrected chi connectivity index (χ4v) is 2.51. The van der Waals surface area contributed by atoms with Gasteiger partial charge in [-0.1, -0.05) is 30.3 Å². The number of likely N-dealkylation sites (tertiary alicyclic amines) is 1. The first-order valence-corrected chi connectivity index (χ1v) is 7.10. The molecule has 0 unspecified atom stereocenters. The number of benzene rings is 1. The molecule has 1 amide bonds. The summed E-state index contributed by atoms with van der Waals surface area (Å²) < 4.78 is 0. The van der Waals surface area contributed by atoms with E-state index in [2.05, 4.69) is 21.7 Å². The van der Waals surface area contributed by atoms with Gasteiger partial charge in [-0.15, -0.1) is 5.10 Å². The average molecular weight is 293 g/mol. The molecular formula is C16H15N5O. The van der Waals surface area contributed by atoms with Crippen LogP contribution in [0.25, 0.3) is 11.1 Å². The van der Waals surface area contributed by atoms with Gasteiger partial charge in [0.2, 0.25) is 5.91 Å². The van der Waals surface area contributed by atoms with Gasteiger partial charge in [0.05, 0.1) is 12.1 Å². The minimum Gasteiger partial charge on any atom is -0.310 e. The van der Waals surface area contributed by atoms with Gasteiger partial charge in [-0.05, 0) is 18.1 Å². The standard InChI is InChI=1S/C16H15N5O/c17-11-21-7-6-13(10-21)16(22)19-15-8-14(9-18-20-15)12-4-2-1-3-5-12/h1-5,8-9,13H,6-7,10H2,(H,19,20,22)/t13-/m0/s1. The molecule has 6 heteroatoms. The van der Waals surface area contributed by atoms with Crippen LogP contribution < -0.4 is 5.32 Å². The van der Waals surface area contributed by atoms with E-state index in [4.69, 9.17) is 5.26 Å². The topological polar surface area (TPSA) is 81.9 Å². The first-order chi connectivity index (χ1) is 10.8. The summed E-state index contributed by atoms with van der Waals surface area (Å²) in [7, 11) is 0. The molecular weight excluding hydrogens is 278 g/mol. The minimum absolute atomic E-state index is 0.114. The average Bonchev–Trinajstić information content (AvgIpc) is 3.05. The lowest BCUT2D eigenvalue weighted by molar-refractivity contribution is -0.119. The molecule has 0 aliphatic carbocycles. The van der Waals surface area contributed by atoms with Crippen LogP contribution in [-0.4, -0.2) is 34.1 Å². The highest BCUT2D eigenvalue weighted by Gasteiger charge is 2.28. The van der Waals surface area contributed by atoms with Crippen molar-refractivity contribution in [3.8, 4) is 17.3 Å². The van der Waals surface area contributed by atoms with Crippen LogP contribution in [0.15, 0.2) is 42.6 Å². The Labute approximate surface area is 128 Å². The molecule has 0 bridgehead atoms. The molecule has 22 heavy (non-hydrogen) atoms. The highest BCUT2D eigenvalue weighted by atomic mass is 16.2. The van der Waals surface area contributed by atoms with Crippen molar-refractivity contribution in [2.75, 3.05) is 18.4 Å². The second-order valence-corrected chi connectivity index (χ2v) is 5.22. The normalized spacial score (nSPS) is 17.0. The van der Waals surface area contributed by atoms with E-state index in [0.29, 0.717) is 25.3 Å². The van der Waals surface area contributed by atoms with Gasteiger partial charge in [0.25, 0.3) is 0 Å². The summed E-state index contributed by atoms with van der Waals surface area (Å²) in [6.07, 6.45) is 4.42. The van der Waals surface area contributed by atoms with Crippen LogP contribution >= 0.6 is 0 Å². The molecule has 1 atom stereocenters.